The van der Waals surface area contributed by atoms with Gasteiger partial charge >= 0.3 is 0 Å². The summed E-state index contributed by atoms with van der Waals surface area (Å²) in [4.78, 5) is 0. The van der Waals surface area contributed by atoms with E-state index < -0.39 is 10.1 Å². The molecule has 0 unspecified atom stereocenters. The molecule has 0 saturated carbocycles. The Bertz CT molecular complexity index is 1620. The van der Waals surface area contributed by atoms with Crippen LogP contribution < -0.4 is 15.2 Å². The van der Waals surface area contributed by atoms with Crippen molar-refractivity contribution in [2.75, 3.05) is 219 Å². The van der Waals surface area contributed by atoms with Gasteiger partial charge in [-0.3, -0.25) is 4.18 Å². The first-order valence-electron chi connectivity index (χ1n) is 25.8. The van der Waals surface area contributed by atoms with Crippen molar-refractivity contribution in [3.05, 3.63) is 58.7 Å². The molecule has 0 amide bonds. The Hall–Kier alpha value is -2.73. The quantitative estimate of drug-likeness (QED) is 0.0635. The number of rotatable bonds is 53. The van der Waals surface area contributed by atoms with Gasteiger partial charge in [-0.2, -0.15) is 8.42 Å². The Kier molecular flexibility index (Phi) is 54.0. The molecule has 0 bridgehead atoms. The van der Waals surface area contributed by atoms with Crippen molar-refractivity contribution in [3.63, 3.8) is 0 Å². The second-order valence-corrected chi connectivity index (χ2v) is 17.3. The number of ether oxygens (including phenoxy) is 16. The van der Waals surface area contributed by atoms with E-state index >= 15 is 0 Å². The van der Waals surface area contributed by atoms with Gasteiger partial charge in [0.15, 0.2) is 0 Å². The lowest BCUT2D eigenvalue weighted by atomic mass is 10.1. The summed E-state index contributed by atoms with van der Waals surface area (Å²) in [6.45, 7) is 16.0. The van der Waals surface area contributed by atoms with E-state index in [2.05, 4.69) is 18.7 Å². The number of hydrogen-bond acceptors (Lipinski definition) is 22. The summed E-state index contributed by atoms with van der Waals surface area (Å²) in [6.07, 6.45) is 4.73. The van der Waals surface area contributed by atoms with Crippen molar-refractivity contribution in [2.45, 2.75) is 45.8 Å². The minimum atomic E-state index is -3.47. The molecule has 0 aliphatic carbocycles. The lowest BCUT2D eigenvalue weighted by Crippen LogP contribution is -2.15. The minimum Gasteiger partial charge on any atom is -0.491 e. The zero-order valence-electron chi connectivity index (χ0n) is 45.8. The van der Waals surface area contributed by atoms with Crippen molar-refractivity contribution < 1.29 is 98.6 Å². The molecule has 0 radical (unpaired) electrons. The first kappa shape index (κ1) is 72.3. The van der Waals surface area contributed by atoms with Crippen LogP contribution in [0.4, 0.5) is 0 Å². The third-order valence-electron chi connectivity index (χ3n) is 9.65. The molecule has 2 aromatic carbocycles. The number of aliphatic hydroxyl groups excluding tert-OH is 2. The van der Waals surface area contributed by atoms with Crippen LogP contribution in [0.15, 0.2) is 36.4 Å². The average Bonchev–Trinajstić information content (AvgIpc) is 3.41. The van der Waals surface area contributed by atoms with Gasteiger partial charge in [0, 0.05) is 25.3 Å². The van der Waals surface area contributed by atoms with E-state index in [4.69, 9.17) is 80.0 Å². The molecule has 75 heavy (non-hydrogen) atoms. The highest BCUT2D eigenvalue weighted by molar-refractivity contribution is 7.85. The standard InChI is InChI=1S/C26H46O9.C25H44O12S.CH5N/c1-3-4-5-24-6-7-26(25(22-24)23-27)35-21-20-34-19-18-33-17-16-32-15-14-31-13-12-30-11-10-29-9-8-28-2;1-29-7-8-30-9-10-31-11-12-32-13-14-33-15-16-34-17-18-35-19-20-36-25-4-3-23(21-24(25)22-26)5-6-37-38(2,27)28;1-2/h6-7,22,27H,3-5,8-21,23H2,1-2H3;3-4,21,26H,5-20,22H2,1-2H3;2H2,1H3. The molecular weight excluding hydrogens is 1010 g/mol. The number of benzene rings is 2. The fourth-order valence-corrected chi connectivity index (χ4v) is 6.29. The summed E-state index contributed by atoms with van der Waals surface area (Å²) in [5.74, 6) is 1.27. The van der Waals surface area contributed by atoms with E-state index in [1.165, 1.54) is 12.6 Å². The van der Waals surface area contributed by atoms with Crippen molar-refractivity contribution in [1.82, 2.24) is 0 Å². The van der Waals surface area contributed by atoms with Crippen molar-refractivity contribution in [1.29, 1.82) is 0 Å². The highest BCUT2D eigenvalue weighted by Crippen LogP contribution is 2.22. The van der Waals surface area contributed by atoms with Gasteiger partial charge in [0.1, 0.15) is 24.7 Å². The summed E-state index contributed by atoms with van der Waals surface area (Å²) in [5.41, 5.74) is 8.01. The van der Waals surface area contributed by atoms with Crippen LogP contribution in [0.3, 0.4) is 0 Å². The monoisotopic (exact) mass is 1100 g/mol. The van der Waals surface area contributed by atoms with Crippen molar-refractivity contribution >= 4 is 10.1 Å². The van der Waals surface area contributed by atoms with E-state index in [1.807, 2.05) is 12.1 Å². The number of aliphatic hydroxyl groups is 2. The highest BCUT2D eigenvalue weighted by atomic mass is 32.2. The van der Waals surface area contributed by atoms with Gasteiger partial charge in [0.25, 0.3) is 10.1 Å². The molecule has 0 aromatic heterocycles. The third-order valence-corrected chi connectivity index (χ3v) is 10.2. The predicted molar refractivity (Wildman–Crippen MR) is 283 cm³/mol. The van der Waals surface area contributed by atoms with Gasteiger partial charge < -0.3 is 91.7 Å². The van der Waals surface area contributed by atoms with Gasteiger partial charge in [-0.05, 0) is 61.7 Å². The maximum absolute atomic E-state index is 11.0. The number of unbranched alkanes of at least 4 members (excludes halogenated alkanes) is 1. The molecule has 4 N–H and O–H groups in total. The zero-order chi connectivity index (χ0) is 55.0. The molecule has 0 aliphatic heterocycles. The molecule has 440 valence electrons. The highest BCUT2D eigenvalue weighted by Gasteiger charge is 2.08. The lowest BCUT2D eigenvalue weighted by Gasteiger charge is -2.12. The van der Waals surface area contributed by atoms with Gasteiger partial charge in [0.05, 0.1) is 198 Å². The van der Waals surface area contributed by atoms with Crippen LogP contribution in [-0.2, 0) is 107 Å². The number of aryl methyl sites for hydroxylation is 1. The minimum absolute atomic E-state index is 0.0293. The first-order chi connectivity index (χ1) is 36.8. The molecule has 0 heterocycles. The van der Waals surface area contributed by atoms with Crippen LogP contribution in [0.1, 0.15) is 42.0 Å². The summed E-state index contributed by atoms with van der Waals surface area (Å²) in [7, 11) is 1.31. The Morgan fingerprint density at radius 2 is 0.667 bits per heavy atom. The maximum Gasteiger partial charge on any atom is 0.264 e. The van der Waals surface area contributed by atoms with Crippen LogP contribution in [-0.4, -0.2) is 238 Å². The summed E-state index contributed by atoms with van der Waals surface area (Å²) < 4.78 is 113. The Morgan fingerprint density at radius 3 is 0.920 bits per heavy atom. The second kappa shape index (κ2) is 56.0. The fraction of sp³-hybridized carbons (Fsp3) is 0.769. The SMILES string of the molecule is CCCCc1ccc(OCCOCCOCCOCCOCCOCCOCCOC)c(CO)c1.CN.COCCOCCOCCOCCOCCOCCOCCOc1ccc(CCOS(C)(=O)=O)cc1CO. The van der Waals surface area contributed by atoms with Crippen LogP contribution >= 0.6 is 0 Å². The molecule has 2 rings (SSSR count). The Morgan fingerprint density at radius 1 is 0.400 bits per heavy atom. The van der Waals surface area contributed by atoms with Crippen LogP contribution in [0.5, 0.6) is 11.5 Å². The normalized spacial score (nSPS) is 11.3. The van der Waals surface area contributed by atoms with Crippen molar-refractivity contribution in [3.8, 4) is 11.5 Å². The zero-order valence-corrected chi connectivity index (χ0v) is 46.7. The number of hydrogen-bond donors (Lipinski definition) is 3. The Balaban J connectivity index is 0.00000142. The van der Waals surface area contributed by atoms with Crippen LogP contribution in [0.2, 0.25) is 0 Å². The first-order valence-corrected chi connectivity index (χ1v) is 27.6. The van der Waals surface area contributed by atoms with Crippen molar-refractivity contribution in [2.24, 2.45) is 5.73 Å². The fourth-order valence-electron chi connectivity index (χ4n) is 5.91. The average molecular weight is 1100 g/mol. The molecule has 0 spiro atoms. The second-order valence-electron chi connectivity index (χ2n) is 15.6. The Labute approximate surface area is 448 Å². The summed E-state index contributed by atoms with van der Waals surface area (Å²) in [5, 5.41) is 19.2. The summed E-state index contributed by atoms with van der Waals surface area (Å²) >= 11 is 0. The molecule has 0 fully saturated rings. The van der Waals surface area contributed by atoms with Crippen LogP contribution in [0.25, 0.3) is 0 Å². The molecule has 23 heteroatoms. The predicted octanol–water partition coefficient (Wildman–Crippen LogP) is 3.04. The lowest BCUT2D eigenvalue weighted by molar-refractivity contribution is -0.0199. The molecule has 0 atom stereocenters. The third kappa shape index (κ3) is 48.2. The van der Waals surface area contributed by atoms with Gasteiger partial charge in [-0.25, -0.2) is 0 Å². The molecule has 2 aromatic rings. The largest absolute Gasteiger partial charge is 0.491 e. The molecular formula is C52H95NO21S. The van der Waals surface area contributed by atoms with E-state index in [1.54, 1.807) is 32.4 Å². The van der Waals surface area contributed by atoms with Crippen LogP contribution in [0, 0.1) is 0 Å². The smallest absolute Gasteiger partial charge is 0.264 e. The van der Waals surface area contributed by atoms with Gasteiger partial charge in [0.2, 0.25) is 0 Å². The summed E-state index contributed by atoms with van der Waals surface area (Å²) in [6, 6.07) is 11.3. The van der Waals surface area contributed by atoms with E-state index in [9.17, 15) is 18.6 Å². The topological polar surface area (TPSA) is 258 Å². The molecule has 0 saturated heterocycles. The molecule has 22 nitrogen and oxygen atoms in total. The van der Waals surface area contributed by atoms with E-state index in [-0.39, 0.29) is 19.8 Å². The molecule has 0 aliphatic rings. The number of nitrogens with two attached hydrogens (primary N) is 1. The maximum atomic E-state index is 11.0. The van der Waals surface area contributed by atoms with Gasteiger partial charge in [-0.15, -0.1) is 0 Å². The number of methoxy groups -OCH3 is 2. The van der Waals surface area contributed by atoms with E-state index in [0.29, 0.717) is 208 Å². The van der Waals surface area contributed by atoms with E-state index in [0.717, 1.165) is 36.6 Å². The van der Waals surface area contributed by atoms with Gasteiger partial charge in [-0.1, -0.05) is 25.5 Å².